The molecule has 0 saturated heterocycles. The summed E-state index contributed by atoms with van der Waals surface area (Å²) in [4.78, 5) is 21.7. The summed E-state index contributed by atoms with van der Waals surface area (Å²) in [5.41, 5.74) is 6.79. The molecular formula is C11H16N4O2. The lowest BCUT2D eigenvalue weighted by Crippen LogP contribution is -2.09. The number of hydrogen-bond donors (Lipinski definition) is 2. The average molecular weight is 236 g/mol. The maximum absolute atomic E-state index is 10.9. The molecule has 0 spiro atoms. The number of nitrogens with one attached hydrogen (secondary N) is 2. The molecule has 0 saturated carbocycles. The van der Waals surface area contributed by atoms with E-state index in [0.29, 0.717) is 12.8 Å². The van der Waals surface area contributed by atoms with Gasteiger partial charge in [-0.3, -0.25) is 9.59 Å². The van der Waals surface area contributed by atoms with Gasteiger partial charge in [0.2, 0.25) is 11.8 Å². The summed E-state index contributed by atoms with van der Waals surface area (Å²) in [6.07, 6.45) is 5.78. The van der Waals surface area contributed by atoms with Crippen LogP contribution in [0.5, 0.6) is 0 Å². The van der Waals surface area contributed by atoms with E-state index in [-0.39, 0.29) is 11.8 Å². The topological polar surface area (TPSA) is 82.9 Å². The molecule has 0 aromatic carbocycles. The van der Waals surface area contributed by atoms with Crippen molar-refractivity contribution >= 4 is 23.2 Å². The standard InChI is InChI=1S/C11H16N4O2/c16-10-6-8(12-14-10)4-2-1-3-5-9-7-11(17)15-13-9/h1-7H2,(H,14,16)(H,15,17). The van der Waals surface area contributed by atoms with Crippen molar-refractivity contribution < 1.29 is 9.59 Å². The van der Waals surface area contributed by atoms with E-state index >= 15 is 0 Å². The Labute approximate surface area is 99.5 Å². The molecule has 2 rings (SSSR count). The Bertz CT molecular complexity index is 351. The number of amides is 2. The summed E-state index contributed by atoms with van der Waals surface area (Å²) in [5, 5.41) is 7.88. The van der Waals surface area contributed by atoms with Crippen LogP contribution in [0.2, 0.25) is 0 Å². The van der Waals surface area contributed by atoms with E-state index < -0.39 is 0 Å². The first kappa shape index (κ1) is 11.8. The van der Waals surface area contributed by atoms with Gasteiger partial charge in [0.1, 0.15) is 0 Å². The van der Waals surface area contributed by atoms with Gasteiger partial charge in [-0.2, -0.15) is 10.2 Å². The summed E-state index contributed by atoms with van der Waals surface area (Å²) in [6, 6.07) is 0. The quantitative estimate of drug-likeness (QED) is 0.665. The number of hydrogen-bond acceptors (Lipinski definition) is 4. The second kappa shape index (κ2) is 5.56. The summed E-state index contributed by atoms with van der Waals surface area (Å²) in [5.74, 6) is -0.0187. The molecule has 0 atom stereocenters. The molecule has 2 aliphatic rings. The second-order valence-electron chi connectivity index (χ2n) is 4.34. The Kier molecular flexibility index (Phi) is 3.85. The van der Waals surface area contributed by atoms with Crippen molar-refractivity contribution in [1.82, 2.24) is 10.9 Å². The number of unbranched alkanes of at least 4 members (excludes halogenated alkanes) is 2. The minimum Gasteiger partial charge on any atom is -0.273 e. The van der Waals surface area contributed by atoms with Crippen molar-refractivity contribution in [3.8, 4) is 0 Å². The van der Waals surface area contributed by atoms with Gasteiger partial charge in [0, 0.05) is 11.4 Å². The molecule has 0 aliphatic carbocycles. The predicted molar refractivity (Wildman–Crippen MR) is 63.5 cm³/mol. The van der Waals surface area contributed by atoms with Gasteiger partial charge in [-0.15, -0.1) is 0 Å². The SMILES string of the molecule is O=C1CC(CCCCCC2=NNC(=O)C2)=NN1. The fraction of sp³-hybridized carbons (Fsp3) is 0.636. The highest BCUT2D eigenvalue weighted by Crippen LogP contribution is 2.10. The summed E-state index contributed by atoms with van der Waals surface area (Å²) < 4.78 is 0. The van der Waals surface area contributed by atoms with Crippen LogP contribution in [0.3, 0.4) is 0 Å². The third-order valence-corrected chi connectivity index (χ3v) is 2.84. The molecule has 6 nitrogen and oxygen atoms in total. The van der Waals surface area contributed by atoms with Gasteiger partial charge in [0.15, 0.2) is 0 Å². The maximum Gasteiger partial charge on any atom is 0.245 e. The third-order valence-electron chi connectivity index (χ3n) is 2.84. The van der Waals surface area contributed by atoms with Crippen LogP contribution in [0.25, 0.3) is 0 Å². The first-order valence-electron chi connectivity index (χ1n) is 5.92. The molecule has 0 aromatic heterocycles. The van der Waals surface area contributed by atoms with E-state index in [9.17, 15) is 9.59 Å². The Morgan fingerprint density at radius 1 is 0.824 bits per heavy atom. The number of rotatable bonds is 6. The van der Waals surface area contributed by atoms with Gasteiger partial charge >= 0.3 is 0 Å². The predicted octanol–water partition coefficient (Wildman–Crippen LogP) is 0.689. The van der Waals surface area contributed by atoms with Crippen molar-refractivity contribution in [2.75, 3.05) is 0 Å². The number of nitrogens with zero attached hydrogens (tertiary/aromatic N) is 2. The fourth-order valence-corrected chi connectivity index (χ4v) is 1.94. The van der Waals surface area contributed by atoms with Crippen molar-refractivity contribution in [2.24, 2.45) is 10.2 Å². The summed E-state index contributed by atoms with van der Waals surface area (Å²) >= 11 is 0. The van der Waals surface area contributed by atoms with E-state index in [1.165, 1.54) is 0 Å². The highest BCUT2D eigenvalue weighted by molar-refractivity contribution is 6.05. The smallest absolute Gasteiger partial charge is 0.245 e. The van der Waals surface area contributed by atoms with Crippen molar-refractivity contribution in [3.63, 3.8) is 0 Å². The zero-order valence-electron chi connectivity index (χ0n) is 9.66. The summed E-state index contributed by atoms with van der Waals surface area (Å²) in [6.45, 7) is 0. The van der Waals surface area contributed by atoms with Crippen LogP contribution in [-0.4, -0.2) is 23.2 Å². The second-order valence-corrected chi connectivity index (χ2v) is 4.34. The fourth-order valence-electron chi connectivity index (χ4n) is 1.94. The zero-order chi connectivity index (χ0) is 12.1. The largest absolute Gasteiger partial charge is 0.273 e. The lowest BCUT2D eigenvalue weighted by atomic mass is 10.1. The van der Waals surface area contributed by atoms with E-state index in [0.717, 1.165) is 43.5 Å². The molecular weight excluding hydrogens is 220 g/mol. The highest BCUT2D eigenvalue weighted by atomic mass is 16.2. The van der Waals surface area contributed by atoms with Crippen LogP contribution >= 0.6 is 0 Å². The van der Waals surface area contributed by atoms with E-state index in [2.05, 4.69) is 21.1 Å². The van der Waals surface area contributed by atoms with Crippen molar-refractivity contribution in [3.05, 3.63) is 0 Å². The lowest BCUT2D eigenvalue weighted by Gasteiger charge is -1.99. The number of hydrazone groups is 2. The first-order valence-corrected chi connectivity index (χ1v) is 5.92. The van der Waals surface area contributed by atoms with Crippen LogP contribution in [0, 0.1) is 0 Å². The van der Waals surface area contributed by atoms with E-state index in [1.54, 1.807) is 0 Å². The van der Waals surface area contributed by atoms with Gasteiger partial charge in [0.05, 0.1) is 12.8 Å². The molecule has 0 fully saturated rings. The van der Waals surface area contributed by atoms with Crippen LogP contribution < -0.4 is 10.9 Å². The molecule has 2 amide bonds. The Morgan fingerprint density at radius 3 is 1.65 bits per heavy atom. The van der Waals surface area contributed by atoms with E-state index in [4.69, 9.17) is 0 Å². The lowest BCUT2D eigenvalue weighted by molar-refractivity contribution is -0.120. The molecule has 2 heterocycles. The van der Waals surface area contributed by atoms with Gasteiger partial charge < -0.3 is 0 Å². The highest BCUT2D eigenvalue weighted by Gasteiger charge is 2.15. The molecule has 0 unspecified atom stereocenters. The average Bonchev–Trinajstić information content (AvgIpc) is 2.88. The Balaban J connectivity index is 1.52. The van der Waals surface area contributed by atoms with E-state index in [1.807, 2.05) is 0 Å². The van der Waals surface area contributed by atoms with Crippen molar-refractivity contribution in [1.29, 1.82) is 0 Å². The molecule has 2 N–H and O–H groups in total. The Morgan fingerprint density at radius 2 is 1.29 bits per heavy atom. The normalized spacial score (nSPS) is 18.8. The number of carbonyl (C=O) groups is 2. The zero-order valence-corrected chi connectivity index (χ0v) is 9.66. The summed E-state index contributed by atoms with van der Waals surface area (Å²) in [7, 11) is 0. The van der Waals surface area contributed by atoms with Crippen LogP contribution in [0.15, 0.2) is 10.2 Å². The van der Waals surface area contributed by atoms with Crippen LogP contribution in [-0.2, 0) is 9.59 Å². The number of carbonyl (C=O) groups excluding carboxylic acids is 2. The molecule has 92 valence electrons. The van der Waals surface area contributed by atoms with Crippen molar-refractivity contribution in [2.45, 2.75) is 44.9 Å². The first-order chi connectivity index (χ1) is 8.24. The third kappa shape index (κ3) is 3.65. The molecule has 0 radical (unpaired) electrons. The molecule has 6 heteroatoms. The van der Waals surface area contributed by atoms with Gasteiger partial charge in [-0.25, -0.2) is 10.9 Å². The molecule has 0 aromatic rings. The minimum absolute atomic E-state index is 0.00935. The van der Waals surface area contributed by atoms with Crippen LogP contribution in [0.4, 0.5) is 0 Å². The minimum atomic E-state index is -0.00935. The molecule has 2 aliphatic heterocycles. The Hall–Kier alpha value is -1.72. The molecule has 0 bridgehead atoms. The van der Waals surface area contributed by atoms with Gasteiger partial charge in [0.25, 0.3) is 0 Å². The van der Waals surface area contributed by atoms with Gasteiger partial charge in [-0.05, 0) is 25.7 Å². The van der Waals surface area contributed by atoms with Crippen LogP contribution in [0.1, 0.15) is 44.9 Å². The van der Waals surface area contributed by atoms with Gasteiger partial charge in [-0.1, -0.05) is 6.42 Å². The monoisotopic (exact) mass is 236 g/mol. The maximum atomic E-state index is 10.9. The molecule has 17 heavy (non-hydrogen) atoms.